The number of rotatable bonds is 1. The van der Waals surface area contributed by atoms with E-state index in [1.807, 2.05) is 32.2 Å². The molecule has 1 heterocycles. The van der Waals surface area contributed by atoms with E-state index >= 15 is 0 Å². The minimum Gasteiger partial charge on any atom is -0.388 e. The van der Waals surface area contributed by atoms with E-state index in [1.165, 1.54) is 0 Å². The summed E-state index contributed by atoms with van der Waals surface area (Å²) in [5.41, 5.74) is 3.08. The number of fused-ring (bicyclic) bond motifs is 1. The third kappa shape index (κ3) is 1.33. The number of aromatic nitrogens is 2. The van der Waals surface area contributed by atoms with E-state index in [0.29, 0.717) is 0 Å². The van der Waals surface area contributed by atoms with Gasteiger partial charge >= 0.3 is 0 Å². The Balaban J connectivity index is 2.72. The van der Waals surface area contributed by atoms with E-state index in [-0.39, 0.29) is 0 Å². The lowest BCUT2D eigenvalue weighted by Crippen LogP contribution is -1.90. The van der Waals surface area contributed by atoms with Gasteiger partial charge in [-0.25, -0.2) is 9.97 Å². The molecule has 0 atom stereocenters. The van der Waals surface area contributed by atoms with Gasteiger partial charge in [-0.2, -0.15) is 0 Å². The van der Waals surface area contributed by atoms with Crippen LogP contribution in [-0.2, 0) is 0 Å². The quantitative estimate of drug-likeness (QED) is 0.716. The van der Waals surface area contributed by atoms with E-state index in [4.69, 9.17) is 0 Å². The molecule has 2 aromatic rings. The molecule has 2 rings (SSSR count). The lowest BCUT2D eigenvalue weighted by molar-refractivity contribution is 1.15. The topological polar surface area (TPSA) is 37.8 Å². The van der Waals surface area contributed by atoms with E-state index in [9.17, 15) is 0 Å². The molecule has 0 bridgehead atoms. The van der Waals surface area contributed by atoms with Crippen LogP contribution in [0.2, 0.25) is 0 Å². The third-order valence-electron chi connectivity index (χ3n) is 2.12. The molecule has 0 aliphatic carbocycles. The molecule has 0 spiro atoms. The van der Waals surface area contributed by atoms with Crippen LogP contribution in [0.15, 0.2) is 24.5 Å². The monoisotopic (exact) mass is 173 g/mol. The van der Waals surface area contributed by atoms with Crippen LogP contribution in [0.3, 0.4) is 0 Å². The summed E-state index contributed by atoms with van der Waals surface area (Å²) in [7, 11) is 1.90. The summed E-state index contributed by atoms with van der Waals surface area (Å²) in [5, 5.41) is 4.19. The van der Waals surface area contributed by atoms with E-state index in [2.05, 4.69) is 15.3 Å². The smallest absolute Gasteiger partial charge is 0.116 e. The SMILES string of the molecule is CNc1ccc2c(C)ncnc2c1. The Morgan fingerprint density at radius 1 is 1.23 bits per heavy atom. The largest absolute Gasteiger partial charge is 0.388 e. The predicted octanol–water partition coefficient (Wildman–Crippen LogP) is 1.98. The standard InChI is InChI=1S/C10H11N3/c1-7-9-4-3-8(11-2)5-10(9)13-6-12-7/h3-6,11H,1-2H3. The highest BCUT2D eigenvalue weighted by atomic mass is 14.8. The van der Waals surface area contributed by atoms with Gasteiger partial charge in [0.1, 0.15) is 6.33 Å². The van der Waals surface area contributed by atoms with Gasteiger partial charge in [-0.15, -0.1) is 0 Å². The highest BCUT2D eigenvalue weighted by molar-refractivity contribution is 5.83. The molecular weight excluding hydrogens is 162 g/mol. The summed E-state index contributed by atoms with van der Waals surface area (Å²) in [5.74, 6) is 0. The van der Waals surface area contributed by atoms with Crippen molar-refractivity contribution in [1.82, 2.24) is 9.97 Å². The molecule has 66 valence electrons. The summed E-state index contributed by atoms with van der Waals surface area (Å²) in [6.07, 6.45) is 1.59. The highest BCUT2D eigenvalue weighted by Crippen LogP contribution is 2.17. The Kier molecular flexibility index (Phi) is 1.85. The van der Waals surface area contributed by atoms with E-state index in [1.54, 1.807) is 6.33 Å². The Morgan fingerprint density at radius 3 is 2.85 bits per heavy atom. The van der Waals surface area contributed by atoms with Gasteiger partial charge in [0, 0.05) is 23.8 Å². The third-order valence-corrected chi connectivity index (χ3v) is 2.12. The molecule has 0 saturated carbocycles. The Labute approximate surface area is 76.8 Å². The molecule has 0 radical (unpaired) electrons. The zero-order valence-corrected chi connectivity index (χ0v) is 7.70. The lowest BCUT2D eigenvalue weighted by Gasteiger charge is -2.02. The van der Waals surface area contributed by atoms with Crippen molar-refractivity contribution in [1.29, 1.82) is 0 Å². The fraction of sp³-hybridized carbons (Fsp3) is 0.200. The van der Waals surface area contributed by atoms with Crippen LogP contribution in [-0.4, -0.2) is 17.0 Å². The normalized spacial score (nSPS) is 10.3. The summed E-state index contributed by atoms with van der Waals surface area (Å²) < 4.78 is 0. The molecule has 0 amide bonds. The first kappa shape index (κ1) is 7.98. The second-order valence-electron chi connectivity index (χ2n) is 2.94. The number of nitrogens with one attached hydrogen (secondary N) is 1. The van der Waals surface area contributed by atoms with Gasteiger partial charge in [-0.3, -0.25) is 0 Å². The van der Waals surface area contributed by atoms with Crippen LogP contribution in [0.25, 0.3) is 10.9 Å². The average molecular weight is 173 g/mol. The molecule has 3 nitrogen and oxygen atoms in total. The van der Waals surface area contributed by atoms with E-state index in [0.717, 1.165) is 22.3 Å². The molecule has 0 aliphatic heterocycles. The molecule has 1 N–H and O–H groups in total. The zero-order valence-electron chi connectivity index (χ0n) is 7.70. The van der Waals surface area contributed by atoms with Gasteiger partial charge in [-0.1, -0.05) is 0 Å². The zero-order chi connectivity index (χ0) is 9.26. The van der Waals surface area contributed by atoms with Gasteiger partial charge in [0.15, 0.2) is 0 Å². The first-order valence-corrected chi connectivity index (χ1v) is 4.20. The minimum atomic E-state index is 0.986. The summed E-state index contributed by atoms with van der Waals surface area (Å²) in [4.78, 5) is 8.33. The van der Waals surface area contributed by atoms with Gasteiger partial charge < -0.3 is 5.32 Å². The van der Waals surface area contributed by atoms with Crippen LogP contribution in [0.5, 0.6) is 0 Å². The van der Waals surface area contributed by atoms with Crippen LogP contribution >= 0.6 is 0 Å². The number of nitrogens with zero attached hydrogens (tertiary/aromatic N) is 2. The Bertz CT molecular complexity index is 437. The first-order valence-electron chi connectivity index (χ1n) is 4.20. The van der Waals surface area contributed by atoms with Gasteiger partial charge in [0.25, 0.3) is 0 Å². The first-order chi connectivity index (χ1) is 6.31. The van der Waals surface area contributed by atoms with Crippen molar-refractivity contribution in [2.45, 2.75) is 6.92 Å². The highest BCUT2D eigenvalue weighted by Gasteiger charge is 1.98. The van der Waals surface area contributed by atoms with Crippen LogP contribution in [0.4, 0.5) is 5.69 Å². The lowest BCUT2D eigenvalue weighted by atomic mass is 10.2. The second-order valence-corrected chi connectivity index (χ2v) is 2.94. The summed E-state index contributed by atoms with van der Waals surface area (Å²) in [6, 6.07) is 6.08. The molecule has 0 unspecified atom stereocenters. The average Bonchev–Trinajstić information content (AvgIpc) is 2.18. The van der Waals surface area contributed by atoms with Crippen LogP contribution in [0, 0.1) is 6.92 Å². The molecule has 3 heteroatoms. The number of benzene rings is 1. The van der Waals surface area contributed by atoms with Crippen molar-refractivity contribution >= 4 is 16.6 Å². The minimum absolute atomic E-state index is 0.986. The maximum Gasteiger partial charge on any atom is 0.116 e. The van der Waals surface area contributed by atoms with Crippen molar-refractivity contribution in [3.05, 3.63) is 30.2 Å². The molecule has 0 fully saturated rings. The Morgan fingerprint density at radius 2 is 2.08 bits per heavy atom. The maximum atomic E-state index is 4.20. The molecule has 1 aromatic heterocycles. The van der Waals surface area contributed by atoms with Crippen molar-refractivity contribution in [2.75, 3.05) is 12.4 Å². The number of anilines is 1. The Hall–Kier alpha value is -1.64. The molecule has 0 saturated heterocycles. The predicted molar refractivity (Wildman–Crippen MR) is 53.8 cm³/mol. The fourth-order valence-electron chi connectivity index (χ4n) is 1.35. The number of hydrogen-bond acceptors (Lipinski definition) is 3. The van der Waals surface area contributed by atoms with Gasteiger partial charge in [0.2, 0.25) is 0 Å². The van der Waals surface area contributed by atoms with Crippen molar-refractivity contribution in [3.63, 3.8) is 0 Å². The van der Waals surface area contributed by atoms with Crippen molar-refractivity contribution in [3.8, 4) is 0 Å². The second kappa shape index (κ2) is 3.01. The van der Waals surface area contributed by atoms with Crippen LogP contribution < -0.4 is 5.32 Å². The van der Waals surface area contributed by atoms with Crippen molar-refractivity contribution < 1.29 is 0 Å². The molecule has 13 heavy (non-hydrogen) atoms. The molecular formula is C10H11N3. The van der Waals surface area contributed by atoms with Crippen molar-refractivity contribution in [2.24, 2.45) is 0 Å². The maximum absolute atomic E-state index is 4.20. The number of hydrogen-bond donors (Lipinski definition) is 1. The number of aryl methyl sites for hydroxylation is 1. The van der Waals surface area contributed by atoms with Crippen LogP contribution in [0.1, 0.15) is 5.69 Å². The van der Waals surface area contributed by atoms with Gasteiger partial charge in [-0.05, 0) is 25.1 Å². The fourth-order valence-corrected chi connectivity index (χ4v) is 1.35. The summed E-state index contributed by atoms with van der Waals surface area (Å²) >= 11 is 0. The summed E-state index contributed by atoms with van der Waals surface area (Å²) in [6.45, 7) is 1.99. The molecule has 1 aromatic carbocycles. The van der Waals surface area contributed by atoms with Gasteiger partial charge in [0.05, 0.1) is 5.52 Å². The molecule has 0 aliphatic rings. The van der Waals surface area contributed by atoms with E-state index < -0.39 is 0 Å².